The Balaban J connectivity index is 2.57. The molecule has 0 aliphatic carbocycles. The van der Waals surface area contributed by atoms with Crippen LogP contribution in [0.3, 0.4) is 0 Å². The van der Waals surface area contributed by atoms with Crippen LogP contribution in [0, 0.1) is 6.92 Å². The first kappa shape index (κ1) is 13.7. The van der Waals surface area contributed by atoms with Gasteiger partial charge in [-0.25, -0.2) is 13.1 Å². The summed E-state index contributed by atoms with van der Waals surface area (Å²) in [7, 11) is -3.52. The fraction of sp³-hybridized carbons (Fsp3) is 0.364. The van der Waals surface area contributed by atoms with E-state index >= 15 is 0 Å². The van der Waals surface area contributed by atoms with Gasteiger partial charge in [0.25, 0.3) is 0 Å². The number of ether oxygens (including phenoxy) is 1. The summed E-state index contributed by atoms with van der Waals surface area (Å²) in [6.07, 6.45) is 0. The fourth-order valence-electron chi connectivity index (χ4n) is 1.17. The standard InChI is InChI=1S/C11H15NO4S/c1-9-3-5-11(6-4-9)17(14,15)12-7-8-16-10(2)13/h3-6,12H,7-8H2,1-2H3. The van der Waals surface area contributed by atoms with E-state index in [-0.39, 0.29) is 18.0 Å². The van der Waals surface area contributed by atoms with Gasteiger partial charge in [-0.2, -0.15) is 0 Å². The Labute approximate surface area is 101 Å². The van der Waals surface area contributed by atoms with Crippen LogP contribution in [0.4, 0.5) is 0 Å². The van der Waals surface area contributed by atoms with Gasteiger partial charge in [0.2, 0.25) is 10.0 Å². The van der Waals surface area contributed by atoms with Crippen LogP contribution in [0.2, 0.25) is 0 Å². The smallest absolute Gasteiger partial charge is 0.302 e. The number of aryl methyl sites for hydroxylation is 1. The Morgan fingerprint density at radius 3 is 2.41 bits per heavy atom. The Kier molecular flexibility index (Phi) is 4.65. The van der Waals surface area contributed by atoms with Crippen molar-refractivity contribution in [3.8, 4) is 0 Å². The summed E-state index contributed by atoms with van der Waals surface area (Å²) in [5, 5.41) is 0. The molecule has 1 aromatic rings. The summed E-state index contributed by atoms with van der Waals surface area (Å²) in [4.78, 5) is 10.7. The van der Waals surface area contributed by atoms with Crippen LogP contribution in [0.15, 0.2) is 29.2 Å². The van der Waals surface area contributed by atoms with Gasteiger partial charge in [-0.15, -0.1) is 0 Å². The maximum absolute atomic E-state index is 11.7. The van der Waals surface area contributed by atoms with E-state index in [1.807, 2.05) is 6.92 Å². The molecule has 0 spiro atoms. The minimum absolute atomic E-state index is 0.0282. The summed E-state index contributed by atoms with van der Waals surface area (Å²) in [6.45, 7) is 3.25. The molecule has 0 heterocycles. The van der Waals surface area contributed by atoms with Crippen molar-refractivity contribution in [2.24, 2.45) is 0 Å². The highest BCUT2D eigenvalue weighted by Crippen LogP contribution is 2.09. The molecule has 0 fully saturated rings. The van der Waals surface area contributed by atoms with Gasteiger partial charge in [0.1, 0.15) is 6.61 Å². The highest BCUT2D eigenvalue weighted by atomic mass is 32.2. The molecule has 0 aliphatic heterocycles. The normalized spacial score (nSPS) is 11.2. The zero-order valence-corrected chi connectivity index (χ0v) is 10.6. The van der Waals surface area contributed by atoms with E-state index in [9.17, 15) is 13.2 Å². The van der Waals surface area contributed by atoms with Crippen LogP contribution < -0.4 is 4.72 Å². The second-order valence-corrected chi connectivity index (χ2v) is 5.32. The fourth-order valence-corrected chi connectivity index (χ4v) is 2.18. The van der Waals surface area contributed by atoms with Gasteiger partial charge in [-0.3, -0.25) is 4.79 Å². The lowest BCUT2D eigenvalue weighted by Crippen LogP contribution is -2.27. The van der Waals surface area contributed by atoms with E-state index in [1.165, 1.54) is 19.1 Å². The second-order valence-electron chi connectivity index (χ2n) is 3.55. The third kappa shape index (κ3) is 4.54. The highest BCUT2D eigenvalue weighted by Gasteiger charge is 2.12. The largest absolute Gasteiger partial charge is 0.464 e. The Bertz CT molecular complexity index is 479. The van der Waals surface area contributed by atoms with Gasteiger partial charge in [0.05, 0.1) is 4.90 Å². The summed E-state index contributed by atoms with van der Waals surface area (Å²) >= 11 is 0. The predicted molar refractivity (Wildman–Crippen MR) is 63.0 cm³/mol. The van der Waals surface area contributed by atoms with Gasteiger partial charge in [0.15, 0.2) is 0 Å². The molecule has 94 valence electrons. The molecular formula is C11H15NO4S. The van der Waals surface area contributed by atoms with Crippen molar-refractivity contribution >= 4 is 16.0 Å². The van der Waals surface area contributed by atoms with Crippen LogP contribution in [0.1, 0.15) is 12.5 Å². The minimum atomic E-state index is -3.52. The molecule has 17 heavy (non-hydrogen) atoms. The number of benzene rings is 1. The Morgan fingerprint density at radius 1 is 1.29 bits per heavy atom. The lowest BCUT2D eigenvalue weighted by atomic mass is 10.2. The first-order chi connectivity index (χ1) is 7.92. The molecule has 6 heteroatoms. The van der Waals surface area contributed by atoms with Crippen molar-refractivity contribution in [3.63, 3.8) is 0 Å². The lowest BCUT2D eigenvalue weighted by Gasteiger charge is -2.06. The van der Waals surface area contributed by atoms with Crippen LogP contribution in [0.5, 0.6) is 0 Å². The van der Waals surface area contributed by atoms with E-state index in [1.54, 1.807) is 12.1 Å². The number of sulfonamides is 1. The topological polar surface area (TPSA) is 72.5 Å². The van der Waals surface area contributed by atoms with E-state index in [4.69, 9.17) is 0 Å². The molecule has 5 nitrogen and oxygen atoms in total. The molecular weight excluding hydrogens is 242 g/mol. The van der Waals surface area contributed by atoms with Gasteiger partial charge in [0, 0.05) is 13.5 Å². The summed E-state index contributed by atoms with van der Waals surface area (Å²) < 4.78 is 30.4. The van der Waals surface area contributed by atoms with Gasteiger partial charge >= 0.3 is 5.97 Å². The average Bonchev–Trinajstić information content (AvgIpc) is 2.25. The van der Waals surface area contributed by atoms with Crippen LogP contribution in [-0.2, 0) is 19.6 Å². The number of rotatable bonds is 5. The molecule has 1 N–H and O–H groups in total. The SMILES string of the molecule is CC(=O)OCCNS(=O)(=O)c1ccc(C)cc1. The van der Waals surface area contributed by atoms with Crippen molar-refractivity contribution in [2.75, 3.05) is 13.2 Å². The molecule has 0 atom stereocenters. The average molecular weight is 257 g/mol. The monoisotopic (exact) mass is 257 g/mol. The van der Waals surface area contributed by atoms with Crippen LogP contribution in [-0.4, -0.2) is 27.5 Å². The highest BCUT2D eigenvalue weighted by molar-refractivity contribution is 7.89. The second kappa shape index (κ2) is 5.79. The van der Waals surface area contributed by atoms with Crippen molar-refractivity contribution in [1.82, 2.24) is 4.72 Å². The Hall–Kier alpha value is -1.40. The number of hydrogen-bond donors (Lipinski definition) is 1. The molecule has 0 aromatic heterocycles. The van der Waals surface area contributed by atoms with E-state index in [0.29, 0.717) is 0 Å². The zero-order valence-electron chi connectivity index (χ0n) is 9.76. The molecule has 0 amide bonds. The minimum Gasteiger partial charge on any atom is -0.464 e. The number of nitrogens with one attached hydrogen (secondary N) is 1. The van der Waals surface area contributed by atoms with Crippen molar-refractivity contribution in [3.05, 3.63) is 29.8 Å². The molecule has 0 unspecified atom stereocenters. The first-order valence-electron chi connectivity index (χ1n) is 5.11. The zero-order chi connectivity index (χ0) is 12.9. The van der Waals surface area contributed by atoms with Crippen molar-refractivity contribution < 1.29 is 17.9 Å². The first-order valence-corrected chi connectivity index (χ1v) is 6.60. The Morgan fingerprint density at radius 2 is 1.88 bits per heavy atom. The molecule has 0 bridgehead atoms. The molecule has 0 radical (unpaired) electrons. The summed E-state index contributed by atoms with van der Waals surface area (Å²) in [5.74, 6) is -0.431. The quantitative estimate of drug-likeness (QED) is 0.626. The maximum atomic E-state index is 11.7. The molecule has 0 saturated heterocycles. The molecule has 1 rings (SSSR count). The van der Waals surface area contributed by atoms with E-state index < -0.39 is 16.0 Å². The number of esters is 1. The third-order valence-electron chi connectivity index (χ3n) is 2.03. The molecule has 0 aliphatic rings. The summed E-state index contributed by atoms with van der Waals surface area (Å²) in [6, 6.07) is 6.51. The number of hydrogen-bond acceptors (Lipinski definition) is 4. The number of carbonyl (C=O) groups excluding carboxylic acids is 1. The lowest BCUT2D eigenvalue weighted by molar-refractivity contribution is -0.140. The summed E-state index contributed by atoms with van der Waals surface area (Å²) in [5.41, 5.74) is 0.990. The van der Waals surface area contributed by atoms with Crippen LogP contribution in [0.25, 0.3) is 0 Å². The van der Waals surface area contributed by atoms with Gasteiger partial charge in [-0.05, 0) is 19.1 Å². The molecule has 0 saturated carbocycles. The van der Waals surface area contributed by atoms with Crippen LogP contribution >= 0.6 is 0 Å². The molecule has 1 aromatic carbocycles. The van der Waals surface area contributed by atoms with E-state index in [0.717, 1.165) is 5.56 Å². The van der Waals surface area contributed by atoms with Crippen molar-refractivity contribution in [1.29, 1.82) is 0 Å². The van der Waals surface area contributed by atoms with Crippen molar-refractivity contribution in [2.45, 2.75) is 18.7 Å². The predicted octanol–water partition coefficient (Wildman–Crippen LogP) is 0.836. The maximum Gasteiger partial charge on any atom is 0.302 e. The van der Waals surface area contributed by atoms with E-state index in [2.05, 4.69) is 9.46 Å². The third-order valence-corrected chi connectivity index (χ3v) is 3.51. The van der Waals surface area contributed by atoms with Gasteiger partial charge in [-0.1, -0.05) is 17.7 Å². The van der Waals surface area contributed by atoms with Gasteiger partial charge < -0.3 is 4.74 Å². The number of carbonyl (C=O) groups is 1.